The summed E-state index contributed by atoms with van der Waals surface area (Å²) >= 11 is 0. The van der Waals surface area contributed by atoms with Gasteiger partial charge >= 0.3 is 0 Å². The van der Waals surface area contributed by atoms with Gasteiger partial charge in [0.2, 0.25) is 5.95 Å². The Morgan fingerprint density at radius 3 is 2.56 bits per heavy atom. The minimum absolute atomic E-state index is 0.0915. The highest BCUT2D eigenvalue weighted by Crippen LogP contribution is 2.27. The van der Waals surface area contributed by atoms with Crippen LogP contribution in [0.25, 0.3) is 11.0 Å². The Kier molecular flexibility index (Phi) is 8.95. The average Bonchev–Trinajstić information content (AvgIpc) is 3.28. The fourth-order valence-corrected chi connectivity index (χ4v) is 4.92. The van der Waals surface area contributed by atoms with Gasteiger partial charge in [-0.05, 0) is 31.0 Å². The Morgan fingerprint density at radius 2 is 1.86 bits per heavy atom. The Bertz CT molecular complexity index is 1120. The number of aliphatic hydroxyl groups is 1. The summed E-state index contributed by atoms with van der Waals surface area (Å²) in [6.45, 7) is 11.4. The van der Waals surface area contributed by atoms with Crippen molar-refractivity contribution < 1.29 is 9.84 Å². The van der Waals surface area contributed by atoms with E-state index in [1.165, 1.54) is 5.56 Å². The summed E-state index contributed by atoms with van der Waals surface area (Å²) in [5.41, 5.74) is 9.75. The lowest BCUT2D eigenvalue weighted by Gasteiger charge is -2.34. The first kappa shape index (κ1) is 26.1. The quantitative estimate of drug-likeness (QED) is 0.348. The molecule has 1 aliphatic rings. The molecule has 0 unspecified atom stereocenters. The van der Waals surface area contributed by atoms with E-state index in [9.17, 15) is 5.11 Å². The van der Waals surface area contributed by atoms with Crippen molar-refractivity contribution in [3.63, 3.8) is 0 Å². The van der Waals surface area contributed by atoms with Crippen molar-refractivity contribution in [1.29, 1.82) is 0 Å². The van der Waals surface area contributed by atoms with Gasteiger partial charge in [-0.25, -0.2) is 4.98 Å². The van der Waals surface area contributed by atoms with Gasteiger partial charge in [0.25, 0.3) is 0 Å². The third kappa shape index (κ3) is 6.24. The van der Waals surface area contributed by atoms with Crippen LogP contribution in [-0.2, 0) is 13.1 Å². The van der Waals surface area contributed by atoms with Crippen LogP contribution < -0.4 is 15.8 Å². The zero-order valence-corrected chi connectivity index (χ0v) is 21.8. The number of benzene rings is 1. The van der Waals surface area contributed by atoms with Crippen LogP contribution in [0.2, 0.25) is 0 Å². The Hall–Kier alpha value is -2.95. The van der Waals surface area contributed by atoms with E-state index in [0.29, 0.717) is 24.3 Å². The highest BCUT2D eigenvalue weighted by atomic mass is 16.5. The van der Waals surface area contributed by atoms with Gasteiger partial charge in [0.1, 0.15) is 16.8 Å². The number of nitrogens with one attached hydrogen (secondary N) is 1. The van der Waals surface area contributed by atoms with Crippen molar-refractivity contribution in [2.75, 3.05) is 57.5 Å². The molecule has 4 rings (SSSR count). The lowest BCUT2D eigenvalue weighted by Crippen LogP contribution is -2.45. The molecule has 36 heavy (non-hydrogen) atoms. The smallest absolute Gasteiger partial charge is 0.222 e. The van der Waals surface area contributed by atoms with Gasteiger partial charge in [-0.15, -0.1) is 0 Å². The van der Waals surface area contributed by atoms with Crippen LogP contribution in [0.3, 0.4) is 0 Å². The molecule has 4 N–H and O–H groups in total. The highest BCUT2D eigenvalue weighted by molar-refractivity contribution is 5.86. The van der Waals surface area contributed by atoms with Gasteiger partial charge in [0, 0.05) is 50.9 Å². The number of methoxy groups -OCH3 is 1. The van der Waals surface area contributed by atoms with Crippen molar-refractivity contribution >= 4 is 22.8 Å². The number of ether oxygens (including phenoxy) is 1. The van der Waals surface area contributed by atoms with Crippen LogP contribution in [0, 0.1) is 0 Å². The fourth-order valence-electron chi connectivity index (χ4n) is 4.92. The maximum atomic E-state index is 9.49. The van der Waals surface area contributed by atoms with Crippen LogP contribution in [-0.4, -0.2) is 87.1 Å². The number of aliphatic hydroxyl groups excluding tert-OH is 1. The van der Waals surface area contributed by atoms with Crippen LogP contribution in [0.5, 0.6) is 5.75 Å². The molecule has 0 aliphatic carbocycles. The van der Waals surface area contributed by atoms with Crippen LogP contribution in [0.1, 0.15) is 44.2 Å². The molecule has 3 heterocycles. The van der Waals surface area contributed by atoms with E-state index in [1.807, 2.05) is 4.68 Å². The molecular weight excluding hydrogens is 456 g/mol. The summed E-state index contributed by atoms with van der Waals surface area (Å²) < 4.78 is 7.68. The first-order valence-electron chi connectivity index (χ1n) is 13.0. The highest BCUT2D eigenvalue weighted by Gasteiger charge is 2.19. The van der Waals surface area contributed by atoms with E-state index < -0.39 is 0 Å². The summed E-state index contributed by atoms with van der Waals surface area (Å²) in [4.78, 5) is 13.9. The van der Waals surface area contributed by atoms with E-state index in [1.54, 1.807) is 13.3 Å². The molecule has 10 nitrogen and oxygen atoms in total. The minimum atomic E-state index is 0.0915. The van der Waals surface area contributed by atoms with Crippen molar-refractivity contribution in [1.82, 2.24) is 29.5 Å². The van der Waals surface area contributed by atoms with Gasteiger partial charge in [0.15, 0.2) is 5.82 Å². The molecule has 0 radical (unpaired) electrons. The Labute approximate surface area is 213 Å². The number of rotatable bonds is 12. The SMILES string of the molecule is CCC[C@@H](CCO)Nc1nc(N)nc2cnn(Cc3ccc(CN4CCN(CC)CC4)cc3OC)c12. The van der Waals surface area contributed by atoms with Gasteiger partial charge in [-0.2, -0.15) is 10.1 Å². The molecule has 0 saturated carbocycles. The third-order valence-corrected chi connectivity index (χ3v) is 6.95. The number of piperazine rings is 1. The monoisotopic (exact) mass is 496 g/mol. The van der Waals surface area contributed by atoms with Crippen molar-refractivity contribution in [3.05, 3.63) is 35.5 Å². The van der Waals surface area contributed by atoms with Gasteiger partial charge < -0.3 is 25.8 Å². The number of nitrogens with two attached hydrogens (primary N) is 1. The van der Waals surface area contributed by atoms with E-state index in [-0.39, 0.29) is 18.6 Å². The van der Waals surface area contributed by atoms with E-state index in [2.05, 4.69) is 62.2 Å². The number of hydrogen-bond acceptors (Lipinski definition) is 9. The van der Waals surface area contributed by atoms with E-state index in [0.717, 1.165) is 68.9 Å². The normalized spacial score (nSPS) is 15.9. The van der Waals surface area contributed by atoms with Crippen molar-refractivity contribution in [2.24, 2.45) is 0 Å². The molecule has 10 heteroatoms. The lowest BCUT2D eigenvalue weighted by atomic mass is 10.1. The van der Waals surface area contributed by atoms with Gasteiger partial charge in [0.05, 0.1) is 19.9 Å². The zero-order chi connectivity index (χ0) is 25.5. The number of fused-ring (bicyclic) bond motifs is 1. The number of anilines is 2. The predicted molar refractivity (Wildman–Crippen MR) is 143 cm³/mol. The topological polar surface area (TPSA) is 118 Å². The van der Waals surface area contributed by atoms with Crippen LogP contribution in [0.4, 0.5) is 11.8 Å². The molecule has 3 aromatic rings. The molecular formula is C26H40N8O2. The molecule has 0 amide bonds. The molecule has 0 bridgehead atoms. The number of aromatic nitrogens is 4. The summed E-state index contributed by atoms with van der Waals surface area (Å²) in [7, 11) is 1.71. The maximum Gasteiger partial charge on any atom is 0.222 e. The minimum Gasteiger partial charge on any atom is -0.496 e. The number of nitrogens with zero attached hydrogens (tertiary/aromatic N) is 6. The van der Waals surface area contributed by atoms with E-state index in [4.69, 9.17) is 10.5 Å². The molecule has 2 aromatic heterocycles. The Morgan fingerprint density at radius 1 is 1.08 bits per heavy atom. The standard InChI is InChI=1S/C26H40N8O2/c1-4-6-21(9-14-35)29-25-24-22(30-26(27)31-25)16-28-34(24)18-20-8-7-19(15-23(20)36-3)17-33-12-10-32(5-2)11-13-33/h7-8,15-16,21,35H,4-6,9-14,17-18H2,1-3H3,(H3,27,29,30,31)/t21-/m0/s1. The first-order valence-corrected chi connectivity index (χ1v) is 13.0. The predicted octanol–water partition coefficient (Wildman–Crippen LogP) is 2.57. The molecule has 1 fully saturated rings. The van der Waals surface area contributed by atoms with Crippen molar-refractivity contribution in [2.45, 2.75) is 52.2 Å². The molecule has 1 atom stereocenters. The number of likely N-dealkylation sites (N-methyl/N-ethyl adjacent to an activating group) is 1. The lowest BCUT2D eigenvalue weighted by molar-refractivity contribution is 0.132. The Balaban J connectivity index is 1.55. The maximum absolute atomic E-state index is 9.49. The van der Waals surface area contributed by atoms with Gasteiger partial charge in [-0.3, -0.25) is 9.58 Å². The second kappa shape index (κ2) is 12.3. The summed E-state index contributed by atoms with van der Waals surface area (Å²) in [5.74, 6) is 1.69. The average molecular weight is 497 g/mol. The zero-order valence-electron chi connectivity index (χ0n) is 21.8. The summed E-state index contributed by atoms with van der Waals surface area (Å²) in [5, 5.41) is 17.6. The number of hydrogen-bond donors (Lipinski definition) is 3. The fraction of sp³-hybridized carbons (Fsp3) is 0.577. The van der Waals surface area contributed by atoms with E-state index >= 15 is 0 Å². The molecule has 1 saturated heterocycles. The van der Waals surface area contributed by atoms with Crippen LogP contribution in [0.15, 0.2) is 24.4 Å². The summed E-state index contributed by atoms with van der Waals surface area (Å²) in [6, 6.07) is 6.54. The van der Waals surface area contributed by atoms with Crippen molar-refractivity contribution in [3.8, 4) is 5.75 Å². The molecule has 196 valence electrons. The molecule has 1 aliphatic heterocycles. The van der Waals surface area contributed by atoms with Crippen LogP contribution >= 0.6 is 0 Å². The first-order chi connectivity index (χ1) is 17.5. The second-order valence-electron chi connectivity index (χ2n) is 9.47. The largest absolute Gasteiger partial charge is 0.496 e. The number of nitrogen functional groups attached to an aromatic ring is 1. The molecule has 1 aromatic carbocycles. The third-order valence-electron chi connectivity index (χ3n) is 6.95. The summed E-state index contributed by atoms with van der Waals surface area (Å²) in [6.07, 6.45) is 4.27. The van der Waals surface area contributed by atoms with Gasteiger partial charge in [-0.1, -0.05) is 32.4 Å². The second-order valence-corrected chi connectivity index (χ2v) is 9.47. The molecule has 0 spiro atoms.